The highest BCUT2D eigenvalue weighted by Gasteiger charge is 2.55. The Bertz CT molecular complexity index is 636. The maximum atomic E-state index is 12.9. The molecule has 1 N–H and O–H groups in total. The molecule has 2 aliphatic rings. The number of amides is 1. The minimum absolute atomic E-state index is 0.0306. The SMILES string of the molecule is CC1(CC(F)F)C(=O)NC2(COC2)c2ccc(OC(F)F)nc21. The van der Waals surface area contributed by atoms with Crippen LogP contribution in [-0.4, -0.2) is 37.1 Å². The van der Waals surface area contributed by atoms with Gasteiger partial charge >= 0.3 is 6.61 Å². The van der Waals surface area contributed by atoms with Crippen LogP contribution in [0.5, 0.6) is 5.88 Å². The molecule has 0 aromatic carbocycles. The van der Waals surface area contributed by atoms with E-state index in [4.69, 9.17) is 4.74 Å². The molecule has 0 saturated carbocycles. The summed E-state index contributed by atoms with van der Waals surface area (Å²) in [4.78, 5) is 16.4. The summed E-state index contributed by atoms with van der Waals surface area (Å²) in [5, 5.41) is 2.72. The number of pyridine rings is 1. The van der Waals surface area contributed by atoms with Crippen molar-refractivity contribution >= 4 is 5.91 Å². The summed E-state index contributed by atoms with van der Waals surface area (Å²) in [6, 6.07) is 2.69. The molecule has 1 aromatic rings. The molecule has 0 bridgehead atoms. The molecule has 1 saturated heterocycles. The molecule has 5 nitrogen and oxygen atoms in total. The van der Waals surface area contributed by atoms with Gasteiger partial charge in [-0.15, -0.1) is 0 Å². The Hall–Kier alpha value is -1.90. The van der Waals surface area contributed by atoms with Crippen LogP contribution in [0.2, 0.25) is 0 Å². The topological polar surface area (TPSA) is 60.5 Å². The molecule has 0 aliphatic carbocycles. The van der Waals surface area contributed by atoms with Crippen LogP contribution in [0.25, 0.3) is 0 Å². The third-order valence-corrected chi connectivity index (χ3v) is 4.23. The molecule has 1 amide bonds. The lowest BCUT2D eigenvalue weighted by atomic mass is 9.70. The van der Waals surface area contributed by atoms with Crippen LogP contribution in [0, 0.1) is 0 Å². The molecular formula is C14H14F4N2O3. The fourth-order valence-corrected chi connectivity index (χ4v) is 2.97. The van der Waals surface area contributed by atoms with Crippen LogP contribution < -0.4 is 10.1 Å². The average molecular weight is 334 g/mol. The molecule has 126 valence electrons. The summed E-state index contributed by atoms with van der Waals surface area (Å²) in [5.74, 6) is -1.04. The number of halogens is 4. The number of hydrogen-bond acceptors (Lipinski definition) is 4. The second-order valence-electron chi connectivity index (χ2n) is 5.88. The summed E-state index contributed by atoms with van der Waals surface area (Å²) in [6.45, 7) is -1.43. The van der Waals surface area contributed by atoms with Crippen molar-refractivity contribution in [2.24, 2.45) is 0 Å². The first-order chi connectivity index (χ1) is 10.8. The van der Waals surface area contributed by atoms with E-state index in [-0.39, 0.29) is 18.9 Å². The van der Waals surface area contributed by atoms with Crippen molar-refractivity contribution in [2.45, 2.75) is 37.3 Å². The summed E-state index contributed by atoms with van der Waals surface area (Å²) in [6.07, 6.45) is -3.53. The molecule has 3 rings (SSSR count). The zero-order valence-electron chi connectivity index (χ0n) is 12.1. The maximum absolute atomic E-state index is 12.9. The Kier molecular flexibility index (Phi) is 3.70. The Labute approximate surface area is 129 Å². The summed E-state index contributed by atoms with van der Waals surface area (Å²) in [5.41, 5.74) is -1.95. The third-order valence-electron chi connectivity index (χ3n) is 4.23. The van der Waals surface area contributed by atoms with Gasteiger partial charge in [0.05, 0.1) is 24.3 Å². The highest BCUT2D eigenvalue weighted by atomic mass is 19.3. The predicted molar refractivity (Wildman–Crippen MR) is 69.5 cm³/mol. The number of fused-ring (bicyclic) bond motifs is 2. The lowest BCUT2D eigenvalue weighted by molar-refractivity contribution is -0.144. The standard InChI is InChI=1S/C14H14F4N2O3/c1-13(4-8(15)16)10-7(2-3-9(19-10)23-12(17)18)14(5-22-6-14)20-11(13)21/h2-3,8,12H,4-6H2,1H3,(H,20,21). The molecule has 9 heteroatoms. The number of rotatable bonds is 4. The molecular weight excluding hydrogens is 320 g/mol. The Balaban J connectivity index is 2.11. The number of nitrogens with one attached hydrogen (secondary N) is 1. The van der Waals surface area contributed by atoms with E-state index >= 15 is 0 Å². The van der Waals surface area contributed by atoms with Gasteiger partial charge in [0.25, 0.3) is 0 Å². The number of carbonyl (C=O) groups excluding carboxylic acids is 1. The van der Waals surface area contributed by atoms with Crippen LogP contribution in [0.15, 0.2) is 12.1 Å². The van der Waals surface area contributed by atoms with Gasteiger partial charge in [-0.05, 0) is 13.0 Å². The average Bonchev–Trinajstić information content (AvgIpc) is 2.40. The van der Waals surface area contributed by atoms with Crippen molar-refractivity contribution in [1.82, 2.24) is 10.3 Å². The fraction of sp³-hybridized carbons (Fsp3) is 0.571. The number of aromatic nitrogens is 1. The highest BCUT2D eigenvalue weighted by Crippen LogP contribution is 2.44. The molecule has 1 aromatic heterocycles. The Morgan fingerprint density at radius 2 is 2.04 bits per heavy atom. The van der Waals surface area contributed by atoms with E-state index < -0.39 is 42.2 Å². The van der Waals surface area contributed by atoms with Crippen molar-refractivity contribution < 1.29 is 31.8 Å². The molecule has 1 atom stereocenters. The van der Waals surface area contributed by atoms with Crippen molar-refractivity contribution in [3.05, 3.63) is 23.4 Å². The largest absolute Gasteiger partial charge is 0.417 e. The number of hydrogen-bond donors (Lipinski definition) is 1. The van der Waals surface area contributed by atoms with Crippen molar-refractivity contribution in [3.8, 4) is 5.88 Å². The minimum atomic E-state index is -3.10. The van der Waals surface area contributed by atoms with Crippen LogP contribution >= 0.6 is 0 Å². The second-order valence-corrected chi connectivity index (χ2v) is 5.88. The van der Waals surface area contributed by atoms with E-state index in [0.717, 1.165) is 0 Å². The number of ether oxygens (including phenoxy) is 2. The van der Waals surface area contributed by atoms with Crippen LogP contribution in [0.1, 0.15) is 24.6 Å². The summed E-state index contributed by atoms with van der Waals surface area (Å²) in [7, 11) is 0. The maximum Gasteiger partial charge on any atom is 0.388 e. The highest BCUT2D eigenvalue weighted by molar-refractivity contribution is 5.90. The van der Waals surface area contributed by atoms with Gasteiger partial charge in [0.2, 0.25) is 18.2 Å². The minimum Gasteiger partial charge on any atom is -0.417 e. The smallest absolute Gasteiger partial charge is 0.388 e. The van der Waals surface area contributed by atoms with Crippen LogP contribution in [0.3, 0.4) is 0 Å². The van der Waals surface area contributed by atoms with Crippen LogP contribution in [-0.2, 0) is 20.5 Å². The van der Waals surface area contributed by atoms with Crippen molar-refractivity contribution in [1.29, 1.82) is 0 Å². The van der Waals surface area contributed by atoms with E-state index in [1.165, 1.54) is 19.1 Å². The normalized spacial score (nSPS) is 25.3. The zero-order valence-corrected chi connectivity index (χ0v) is 12.1. The van der Waals surface area contributed by atoms with Gasteiger partial charge < -0.3 is 14.8 Å². The lowest BCUT2D eigenvalue weighted by Crippen LogP contribution is -2.67. The predicted octanol–water partition coefficient (Wildman–Crippen LogP) is 1.95. The lowest BCUT2D eigenvalue weighted by Gasteiger charge is -2.49. The van der Waals surface area contributed by atoms with Gasteiger partial charge in [-0.2, -0.15) is 8.78 Å². The van der Waals surface area contributed by atoms with E-state index in [0.29, 0.717) is 5.56 Å². The first kappa shape index (κ1) is 16.0. The third kappa shape index (κ3) is 2.52. The second kappa shape index (κ2) is 5.33. The van der Waals surface area contributed by atoms with Gasteiger partial charge in [-0.3, -0.25) is 4.79 Å². The summed E-state index contributed by atoms with van der Waals surface area (Å²) < 4.78 is 60.0. The Morgan fingerprint density at radius 3 is 2.57 bits per heavy atom. The van der Waals surface area contributed by atoms with Crippen molar-refractivity contribution in [2.75, 3.05) is 13.2 Å². The number of alkyl halides is 4. The molecule has 3 heterocycles. The van der Waals surface area contributed by atoms with E-state index in [1.807, 2.05) is 0 Å². The fourth-order valence-electron chi connectivity index (χ4n) is 2.97. The van der Waals surface area contributed by atoms with Crippen molar-refractivity contribution in [3.63, 3.8) is 0 Å². The van der Waals surface area contributed by atoms with Gasteiger partial charge in [-0.1, -0.05) is 0 Å². The first-order valence-corrected chi connectivity index (χ1v) is 6.92. The molecule has 23 heavy (non-hydrogen) atoms. The van der Waals surface area contributed by atoms with Gasteiger partial charge in [-0.25, -0.2) is 13.8 Å². The molecule has 2 aliphatic heterocycles. The van der Waals surface area contributed by atoms with E-state index in [1.54, 1.807) is 0 Å². The molecule has 1 spiro atoms. The molecule has 1 fully saturated rings. The van der Waals surface area contributed by atoms with Crippen LogP contribution in [0.4, 0.5) is 17.6 Å². The Morgan fingerprint density at radius 1 is 1.35 bits per heavy atom. The molecule has 0 radical (unpaired) electrons. The van der Waals surface area contributed by atoms with E-state index in [2.05, 4.69) is 15.0 Å². The summed E-state index contributed by atoms with van der Waals surface area (Å²) >= 11 is 0. The van der Waals surface area contributed by atoms with Gasteiger partial charge in [0.15, 0.2) is 0 Å². The van der Waals surface area contributed by atoms with Gasteiger partial charge in [0, 0.05) is 18.1 Å². The van der Waals surface area contributed by atoms with Gasteiger partial charge in [0.1, 0.15) is 5.54 Å². The van der Waals surface area contributed by atoms with E-state index in [9.17, 15) is 22.4 Å². The zero-order chi connectivity index (χ0) is 16.8. The number of nitrogens with zero attached hydrogens (tertiary/aromatic N) is 1. The molecule has 1 unspecified atom stereocenters. The monoisotopic (exact) mass is 334 g/mol. The number of carbonyl (C=O) groups is 1. The quantitative estimate of drug-likeness (QED) is 0.855. The first-order valence-electron chi connectivity index (χ1n) is 6.92.